The van der Waals surface area contributed by atoms with E-state index < -0.39 is 5.79 Å². The van der Waals surface area contributed by atoms with Gasteiger partial charge in [-0.1, -0.05) is 188 Å². The highest BCUT2D eigenvalue weighted by molar-refractivity contribution is 5.75. The molecule has 55 heavy (non-hydrogen) atoms. The molecule has 1 aliphatic rings. The summed E-state index contributed by atoms with van der Waals surface area (Å²) < 4.78 is 19.4. The number of piperidine rings is 1. The SMILES string of the molecule is CCCCCCCCC(CCCCCCCC)OC(CCCCCCCC)(CCCCCCCC)OC(=O)CCCCCCCOC(=O)[C@@H]1CC[C@@H](O)CN1. The van der Waals surface area contributed by atoms with Gasteiger partial charge in [0, 0.05) is 25.8 Å². The smallest absolute Gasteiger partial charge is 0.323 e. The molecule has 0 amide bonds. The number of hydrogen-bond donors (Lipinski definition) is 2. The molecule has 0 saturated carbocycles. The van der Waals surface area contributed by atoms with E-state index >= 15 is 0 Å². The average molecular weight is 780 g/mol. The van der Waals surface area contributed by atoms with E-state index in [-0.39, 0.29) is 30.2 Å². The predicted molar refractivity (Wildman–Crippen MR) is 231 cm³/mol. The lowest BCUT2D eigenvalue weighted by Gasteiger charge is -2.37. The number of aliphatic hydroxyl groups excluding tert-OH is 1. The maximum atomic E-state index is 13.7. The molecule has 1 fully saturated rings. The van der Waals surface area contributed by atoms with Crippen LogP contribution in [0.3, 0.4) is 0 Å². The van der Waals surface area contributed by atoms with E-state index in [1.165, 1.54) is 141 Å². The Labute approximate surface area is 341 Å². The normalized spacial score (nSPS) is 16.2. The van der Waals surface area contributed by atoms with Crippen molar-refractivity contribution in [3.63, 3.8) is 0 Å². The Kier molecular flexibility index (Phi) is 35.0. The van der Waals surface area contributed by atoms with E-state index in [1.807, 2.05) is 0 Å². The largest absolute Gasteiger partial charge is 0.465 e. The fourth-order valence-electron chi connectivity index (χ4n) is 8.07. The topological polar surface area (TPSA) is 94.1 Å². The summed E-state index contributed by atoms with van der Waals surface area (Å²) >= 11 is 0. The number of carbonyl (C=O) groups excluding carboxylic acids is 2. The van der Waals surface area contributed by atoms with Gasteiger partial charge in [-0.05, 0) is 51.4 Å². The van der Waals surface area contributed by atoms with Gasteiger partial charge >= 0.3 is 11.9 Å². The second kappa shape index (κ2) is 37.1. The molecule has 0 aromatic carbocycles. The lowest BCUT2D eigenvalue weighted by molar-refractivity contribution is -0.259. The fraction of sp³-hybridized carbons (Fsp3) is 0.958. The summed E-state index contributed by atoms with van der Waals surface area (Å²) in [7, 11) is 0. The summed E-state index contributed by atoms with van der Waals surface area (Å²) in [5, 5.41) is 12.7. The molecule has 1 rings (SSSR count). The molecule has 2 atom stereocenters. The number of carbonyl (C=O) groups is 2. The van der Waals surface area contributed by atoms with Crippen molar-refractivity contribution < 1.29 is 28.9 Å². The highest BCUT2D eigenvalue weighted by Crippen LogP contribution is 2.34. The fourth-order valence-corrected chi connectivity index (χ4v) is 8.07. The number of β-amino-alcohol motifs (C(OH)–C–C–N with tert-alkyl or cyclic N) is 1. The molecule has 0 spiro atoms. The van der Waals surface area contributed by atoms with Crippen LogP contribution in [0.4, 0.5) is 0 Å². The molecule has 1 saturated heterocycles. The van der Waals surface area contributed by atoms with Crippen molar-refractivity contribution in [3.8, 4) is 0 Å². The minimum Gasteiger partial charge on any atom is -0.465 e. The number of unbranched alkanes of at least 4 members (excludes halogenated alkanes) is 24. The first-order valence-corrected chi connectivity index (χ1v) is 24.4. The number of nitrogens with one attached hydrogen (secondary N) is 1. The molecule has 0 aromatic rings. The van der Waals surface area contributed by atoms with E-state index in [4.69, 9.17) is 14.2 Å². The summed E-state index contributed by atoms with van der Waals surface area (Å²) in [6.45, 7) is 9.99. The van der Waals surface area contributed by atoms with Gasteiger partial charge in [-0.25, -0.2) is 0 Å². The number of aliphatic hydroxyl groups is 1. The van der Waals surface area contributed by atoms with Gasteiger partial charge in [-0.3, -0.25) is 9.59 Å². The van der Waals surface area contributed by atoms with Gasteiger partial charge in [-0.2, -0.15) is 0 Å². The van der Waals surface area contributed by atoms with E-state index in [0.29, 0.717) is 32.4 Å². The third-order valence-electron chi connectivity index (χ3n) is 11.7. The second-order valence-corrected chi connectivity index (χ2v) is 17.2. The van der Waals surface area contributed by atoms with Crippen molar-refractivity contribution in [3.05, 3.63) is 0 Å². The van der Waals surface area contributed by atoms with Crippen molar-refractivity contribution in [2.24, 2.45) is 0 Å². The maximum absolute atomic E-state index is 13.7. The Morgan fingerprint density at radius 3 is 1.49 bits per heavy atom. The lowest BCUT2D eigenvalue weighted by Crippen LogP contribution is -2.46. The summed E-state index contributed by atoms with van der Waals surface area (Å²) in [5.74, 6) is -1.10. The van der Waals surface area contributed by atoms with E-state index in [2.05, 4.69) is 33.0 Å². The first-order valence-electron chi connectivity index (χ1n) is 24.4. The van der Waals surface area contributed by atoms with Crippen LogP contribution in [0.5, 0.6) is 0 Å². The molecular formula is C48H93NO6. The molecule has 0 unspecified atom stereocenters. The summed E-state index contributed by atoms with van der Waals surface area (Å²) in [6.07, 6.45) is 39.9. The summed E-state index contributed by atoms with van der Waals surface area (Å²) in [4.78, 5) is 26.0. The third kappa shape index (κ3) is 29.7. The van der Waals surface area contributed by atoms with Gasteiger partial charge in [0.2, 0.25) is 5.79 Å². The van der Waals surface area contributed by atoms with E-state index in [0.717, 1.165) is 70.6 Å². The minimum absolute atomic E-state index is 0.0890. The summed E-state index contributed by atoms with van der Waals surface area (Å²) in [6, 6.07) is -0.297. The van der Waals surface area contributed by atoms with Crippen LogP contribution in [-0.4, -0.2) is 54.2 Å². The predicted octanol–water partition coefficient (Wildman–Crippen LogP) is 13.6. The molecule has 7 heteroatoms. The molecule has 326 valence electrons. The highest BCUT2D eigenvalue weighted by Gasteiger charge is 2.37. The van der Waals surface area contributed by atoms with E-state index in [9.17, 15) is 14.7 Å². The molecule has 0 aromatic heterocycles. The van der Waals surface area contributed by atoms with Gasteiger partial charge in [0.1, 0.15) is 6.04 Å². The Bertz CT molecular complexity index is 827. The zero-order valence-electron chi connectivity index (χ0n) is 37.1. The zero-order chi connectivity index (χ0) is 40.1. The lowest BCUT2D eigenvalue weighted by atomic mass is 9.97. The van der Waals surface area contributed by atoms with Gasteiger partial charge < -0.3 is 24.6 Å². The van der Waals surface area contributed by atoms with Crippen molar-refractivity contribution in [2.45, 2.75) is 283 Å². The highest BCUT2D eigenvalue weighted by atomic mass is 16.7. The van der Waals surface area contributed by atoms with Gasteiger partial charge in [-0.15, -0.1) is 0 Å². The van der Waals surface area contributed by atoms with Crippen LogP contribution >= 0.6 is 0 Å². The van der Waals surface area contributed by atoms with Crippen LogP contribution in [0.1, 0.15) is 259 Å². The van der Waals surface area contributed by atoms with E-state index in [1.54, 1.807) is 0 Å². The van der Waals surface area contributed by atoms with Crippen LogP contribution in [-0.2, 0) is 23.8 Å². The van der Waals surface area contributed by atoms with Crippen molar-refractivity contribution in [2.75, 3.05) is 13.2 Å². The van der Waals surface area contributed by atoms with Crippen LogP contribution in [0.15, 0.2) is 0 Å². The Balaban J connectivity index is 2.86. The van der Waals surface area contributed by atoms with Crippen molar-refractivity contribution >= 4 is 11.9 Å². The average Bonchev–Trinajstić information content (AvgIpc) is 3.18. The monoisotopic (exact) mass is 780 g/mol. The Morgan fingerprint density at radius 2 is 1.02 bits per heavy atom. The second-order valence-electron chi connectivity index (χ2n) is 17.2. The molecule has 1 aliphatic heterocycles. The Morgan fingerprint density at radius 1 is 0.582 bits per heavy atom. The molecule has 1 heterocycles. The zero-order valence-corrected chi connectivity index (χ0v) is 37.1. The van der Waals surface area contributed by atoms with Crippen molar-refractivity contribution in [1.29, 1.82) is 0 Å². The van der Waals surface area contributed by atoms with Crippen LogP contribution in [0.25, 0.3) is 0 Å². The molecule has 2 N–H and O–H groups in total. The number of ether oxygens (including phenoxy) is 3. The standard InChI is InChI=1S/C48H93NO6/c1-5-9-13-17-22-28-34-44(35-29-23-18-14-10-6-2)54-48(39-31-25-19-15-11-7-3,40-32-26-20-16-12-8-4)55-46(51)36-30-24-21-27-33-41-53-47(52)45-38-37-43(50)42-49-45/h43-45,49-50H,5-42H2,1-4H3/t43-,45+/m1/s1. The number of hydrogen-bond acceptors (Lipinski definition) is 7. The maximum Gasteiger partial charge on any atom is 0.323 e. The quantitative estimate of drug-likeness (QED) is 0.0363. The first kappa shape index (κ1) is 51.8. The van der Waals surface area contributed by atoms with Crippen LogP contribution < -0.4 is 5.32 Å². The molecule has 0 bridgehead atoms. The molecule has 0 aliphatic carbocycles. The number of esters is 2. The minimum atomic E-state index is -0.809. The summed E-state index contributed by atoms with van der Waals surface area (Å²) in [5.41, 5.74) is 0. The molecule has 0 radical (unpaired) electrons. The third-order valence-corrected chi connectivity index (χ3v) is 11.7. The first-order chi connectivity index (χ1) is 26.9. The van der Waals surface area contributed by atoms with Gasteiger partial charge in [0.15, 0.2) is 0 Å². The van der Waals surface area contributed by atoms with Gasteiger partial charge in [0.25, 0.3) is 0 Å². The molecular weight excluding hydrogens is 687 g/mol. The van der Waals surface area contributed by atoms with Crippen LogP contribution in [0, 0.1) is 0 Å². The number of rotatable bonds is 40. The van der Waals surface area contributed by atoms with Crippen molar-refractivity contribution in [1.82, 2.24) is 5.32 Å². The van der Waals surface area contributed by atoms with Gasteiger partial charge in [0.05, 0.1) is 18.8 Å². The molecule has 7 nitrogen and oxygen atoms in total. The Hall–Kier alpha value is -1.18. The van der Waals surface area contributed by atoms with Crippen LogP contribution in [0.2, 0.25) is 0 Å².